The zero-order valence-electron chi connectivity index (χ0n) is 15.1. The van der Waals surface area contributed by atoms with E-state index in [9.17, 15) is 18.7 Å². The Morgan fingerprint density at radius 2 is 1.97 bits per heavy atom. The number of fused-ring (bicyclic) bond motifs is 1. The highest BCUT2D eigenvalue weighted by atomic mass is 19.1. The van der Waals surface area contributed by atoms with E-state index < -0.39 is 17.2 Å². The number of aryl methyl sites for hydroxylation is 1. The van der Waals surface area contributed by atoms with Crippen molar-refractivity contribution in [2.24, 2.45) is 0 Å². The third-order valence-electron chi connectivity index (χ3n) is 4.69. The van der Waals surface area contributed by atoms with Gasteiger partial charge in [0.15, 0.2) is 0 Å². The molecule has 2 aromatic heterocycles. The monoisotopic (exact) mass is 398 g/mol. The molecule has 2 heterocycles. The Kier molecular flexibility index (Phi) is 4.85. The number of halogens is 2. The molecule has 8 nitrogen and oxygen atoms in total. The van der Waals surface area contributed by atoms with Crippen LogP contribution >= 0.6 is 0 Å². The highest BCUT2D eigenvalue weighted by Gasteiger charge is 2.33. The van der Waals surface area contributed by atoms with Gasteiger partial charge < -0.3 is 5.11 Å². The van der Waals surface area contributed by atoms with E-state index in [1.54, 1.807) is 24.3 Å². The lowest BCUT2D eigenvalue weighted by Gasteiger charge is -2.29. The van der Waals surface area contributed by atoms with E-state index in [1.807, 2.05) is 0 Å². The zero-order chi connectivity index (χ0) is 20.4. The van der Waals surface area contributed by atoms with Crippen LogP contribution in [0.15, 0.2) is 59.9 Å². The molecule has 0 saturated carbocycles. The standard InChI is InChI=1S/C19H16F2N6O2/c20-13-5-6-15(16(21)9-13)19(29,10-26-12-22-11-23-26)7-8-27-18(28)14-3-1-2-4-17(14)24-25-27/h1-6,9,11-12,29H,7-8,10H2. The van der Waals surface area contributed by atoms with Crippen molar-refractivity contribution >= 4 is 10.9 Å². The minimum absolute atomic E-state index is 0.0430. The molecule has 0 aliphatic carbocycles. The summed E-state index contributed by atoms with van der Waals surface area (Å²) in [4.78, 5) is 16.5. The van der Waals surface area contributed by atoms with Crippen LogP contribution in [0.25, 0.3) is 10.9 Å². The summed E-state index contributed by atoms with van der Waals surface area (Å²) in [5.74, 6) is -1.66. The van der Waals surface area contributed by atoms with E-state index in [-0.39, 0.29) is 30.6 Å². The topological polar surface area (TPSA) is 98.7 Å². The molecule has 1 unspecified atom stereocenters. The zero-order valence-corrected chi connectivity index (χ0v) is 15.1. The van der Waals surface area contributed by atoms with E-state index in [0.29, 0.717) is 17.0 Å². The lowest BCUT2D eigenvalue weighted by atomic mass is 9.89. The Bertz CT molecular complexity index is 1210. The first kappa shape index (κ1) is 18.8. The molecule has 10 heteroatoms. The summed E-state index contributed by atoms with van der Waals surface area (Å²) in [5, 5.41) is 23.5. The molecule has 0 fully saturated rings. The van der Waals surface area contributed by atoms with Crippen LogP contribution in [0.4, 0.5) is 8.78 Å². The van der Waals surface area contributed by atoms with Gasteiger partial charge in [-0.3, -0.25) is 4.79 Å². The van der Waals surface area contributed by atoms with E-state index in [4.69, 9.17) is 0 Å². The highest BCUT2D eigenvalue weighted by Crippen LogP contribution is 2.30. The molecule has 4 aromatic rings. The minimum atomic E-state index is -1.79. The van der Waals surface area contributed by atoms with Crippen molar-refractivity contribution in [3.05, 3.63) is 82.7 Å². The van der Waals surface area contributed by atoms with Gasteiger partial charge in [-0.2, -0.15) is 5.10 Å². The largest absolute Gasteiger partial charge is 0.383 e. The van der Waals surface area contributed by atoms with Crippen molar-refractivity contribution in [3.8, 4) is 0 Å². The quantitative estimate of drug-likeness (QED) is 0.530. The predicted octanol–water partition coefficient (Wildman–Crippen LogP) is 1.64. The van der Waals surface area contributed by atoms with Gasteiger partial charge in [-0.05, 0) is 18.2 Å². The molecule has 29 heavy (non-hydrogen) atoms. The van der Waals surface area contributed by atoms with Gasteiger partial charge in [0, 0.05) is 24.6 Å². The number of hydrogen-bond donors (Lipinski definition) is 1. The molecule has 0 saturated heterocycles. The van der Waals surface area contributed by atoms with Crippen LogP contribution in [0.5, 0.6) is 0 Å². The van der Waals surface area contributed by atoms with Crippen molar-refractivity contribution in [2.75, 3.05) is 0 Å². The van der Waals surface area contributed by atoms with Crippen LogP contribution in [0, 0.1) is 11.6 Å². The van der Waals surface area contributed by atoms with Crippen LogP contribution in [-0.4, -0.2) is 34.9 Å². The van der Waals surface area contributed by atoms with Crippen LogP contribution in [-0.2, 0) is 18.7 Å². The fourth-order valence-electron chi connectivity index (χ4n) is 3.21. The van der Waals surface area contributed by atoms with Crippen LogP contribution in [0.2, 0.25) is 0 Å². The molecule has 0 spiro atoms. The highest BCUT2D eigenvalue weighted by molar-refractivity contribution is 5.76. The number of rotatable bonds is 6. The third-order valence-corrected chi connectivity index (χ3v) is 4.69. The number of benzene rings is 2. The maximum atomic E-state index is 14.4. The van der Waals surface area contributed by atoms with E-state index in [0.717, 1.165) is 10.7 Å². The molecule has 1 N–H and O–H groups in total. The minimum Gasteiger partial charge on any atom is -0.383 e. The van der Waals surface area contributed by atoms with Gasteiger partial charge in [0.05, 0.1) is 11.9 Å². The smallest absolute Gasteiger partial charge is 0.277 e. The molecule has 1 atom stereocenters. The average Bonchev–Trinajstić information content (AvgIpc) is 3.20. The summed E-state index contributed by atoms with van der Waals surface area (Å²) in [7, 11) is 0. The van der Waals surface area contributed by atoms with Gasteiger partial charge in [0.1, 0.15) is 35.4 Å². The number of nitrogens with zero attached hydrogens (tertiary/aromatic N) is 6. The summed E-state index contributed by atoms with van der Waals surface area (Å²) in [6, 6.07) is 9.69. The number of aliphatic hydroxyl groups is 1. The second-order valence-electron chi connectivity index (χ2n) is 6.63. The van der Waals surface area contributed by atoms with E-state index in [2.05, 4.69) is 20.4 Å². The van der Waals surface area contributed by atoms with Crippen molar-refractivity contribution in [1.29, 1.82) is 0 Å². The predicted molar refractivity (Wildman–Crippen MR) is 98.7 cm³/mol. The molecule has 2 aromatic carbocycles. The second-order valence-corrected chi connectivity index (χ2v) is 6.63. The van der Waals surface area contributed by atoms with Gasteiger partial charge in [-0.1, -0.05) is 23.4 Å². The summed E-state index contributed by atoms with van der Waals surface area (Å²) >= 11 is 0. The van der Waals surface area contributed by atoms with Crippen molar-refractivity contribution < 1.29 is 13.9 Å². The number of hydrogen-bond acceptors (Lipinski definition) is 6. The second kappa shape index (κ2) is 7.47. The van der Waals surface area contributed by atoms with Gasteiger partial charge in [-0.25, -0.2) is 23.1 Å². The fourth-order valence-corrected chi connectivity index (χ4v) is 3.21. The molecular weight excluding hydrogens is 382 g/mol. The fraction of sp³-hybridized carbons (Fsp3) is 0.211. The van der Waals surface area contributed by atoms with Crippen molar-refractivity contribution in [2.45, 2.75) is 25.1 Å². The lowest BCUT2D eigenvalue weighted by molar-refractivity contribution is -0.00227. The molecule has 0 radical (unpaired) electrons. The Labute approximate surface area is 163 Å². The van der Waals surface area contributed by atoms with Crippen LogP contribution < -0.4 is 5.56 Å². The molecule has 0 amide bonds. The van der Waals surface area contributed by atoms with E-state index >= 15 is 0 Å². The van der Waals surface area contributed by atoms with Crippen LogP contribution in [0.1, 0.15) is 12.0 Å². The molecule has 148 valence electrons. The maximum absolute atomic E-state index is 14.4. The maximum Gasteiger partial charge on any atom is 0.277 e. The normalized spacial score (nSPS) is 13.5. The Morgan fingerprint density at radius 3 is 2.72 bits per heavy atom. The molecule has 0 aliphatic rings. The Morgan fingerprint density at radius 1 is 1.14 bits per heavy atom. The van der Waals surface area contributed by atoms with Gasteiger partial charge in [-0.15, -0.1) is 5.10 Å². The summed E-state index contributed by atoms with van der Waals surface area (Å²) in [6.07, 6.45) is 2.55. The Balaban J connectivity index is 1.69. The number of aromatic nitrogens is 6. The Hall–Kier alpha value is -3.53. The molecule has 0 aliphatic heterocycles. The lowest BCUT2D eigenvalue weighted by Crippen LogP contribution is -2.36. The van der Waals surface area contributed by atoms with Crippen LogP contribution in [0.3, 0.4) is 0 Å². The summed E-state index contributed by atoms with van der Waals surface area (Å²) < 4.78 is 30.2. The van der Waals surface area contributed by atoms with Crippen molar-refractivity contribution in [3.63, 3.8) is 0 Å². The first-order valence-corrected chi connectivity index (χ1v) is 8.79. The van der Waals surface area contributed by atoms with E-state index in [1.165, 1.54) is 23.4 Å². The molecule has 0 bridgehead atoms. The first-order chi connectivity index (χ1) is 14.0. The molecular formula is C19H16F2N6O2. The summed E-state index contributed by atoms with van der Waals surface area (Å²) in [6.45, 7) is -0.190. The van der Waals surface area contributed by atoms with Gasteiger partial charge >= 0.3 is 0 Å². The third kappa shape index (κ3) is 3.74. The SMILES string of the molecule is O=c1c2ccccc2nnn1CCC(O)(Cn1cncn1)c1ccc(F)cc1F. The summed E-state index contributed by atoms with van der Waals surface area (Å²) in [5.41, 5.74) is -1.83. The van der Waals surface area contributed by atoms with Crippen molar-refractivity contribution in [1.82, 2.24) is 29.8 Å². The molecule has 4 rings (SSSR count). The van der Waals surface area contributed by atoms with Gasteiger partial charge in [0.2, 0.25) is 0 Å². The first-order valence-electron chi connectivity index (χ1n) is 8.79. The van der Waals surface area contributed by atoms with Gasteiger partial charge in [0.25, 0.3) is 5.56 Å². The average molecular weight is 398 g/mol.